The normalized spacial score (nSPS) is 22.0. The number of amides is 2. The van der Waals surface area contributed by atoms with Gasteiger partial charge in [-0.2, -0.15) is 0 Å². The van der Waals surface area contributed by atoms with E-state index < -0.39 is 5.72 Å². The molecular formula is C19H23N3O4. The van der Waals surface area contributed by atoms with Crippen LogP contribution in [0, 0.1) is 0 Å². The van der Waals surface area contributed by atoms with Crippen LogP contribution in [0.25, 0.3) is 10.9 Å². The van der Waals surface area contributed by atoms with E-state index >= 15 is 0 Å². The molecule has 2 N–H and O–H groups in total. The Bertz CT molecular complexity index is 852. The molecule has 2 aromatic rings. The number of piperidine rings is 1. The van der Waals surface area contributed by atoms with E-state index in [1.54, 1.807) is 12.0 Å². The standard InChI is InChI=1S/C19H23N3O4/c1-3-14-17(23)21-19(26-14)8-10-22(11-9-19)18(24)15-16(25-2)12-6-4-5-7-13(12)20-15/h4-7,14,20H,3,8-11H2,1-2H3,(H,21,23). The Morgan fingerprint density at radius 2 is 2.08 bits per heavy atom. The maximum Gasteiger partial charge on any atom is 0.274 e. The molecule has 1 atom stereocenters. The molecule has 2 amide bonds. The summed E-state index contributed by atoms with van der Waals surface area (Å²) >= 11 is 0. The van der Waals surface area contributed by atoms with Crippen LogP contribution in [0.1, 0.15) is 36.7 Å². The Morgan fingerprint density at radius 3 is 2.73 bits per heavy atom. The summed E-state index contributed by atoms with van der Waals surface area (Å²) in [5.74, 6) is 0.427. The molecule has 0 radical (unpaired) electrons. The highest BCUT2D eigenvalue weighted by Gasteiger charge is 2.47. The number of ether oxygens (including phenoxy) is 2. The first-order chi connectivity index (χ1) is 12.6. The zero-order valence-corrected chi connectivity index (χ0v) is 15.0. The van der Waals surface area contributed by atoms with Crippen molar-refractivity contribution in [3.63, 3.8) is 0 Å². The van der Waals surface area contributed by atoms with E-state index in [0.717, 1.165) is 10.9 Å². The zero-order valence-electron chi connectivity index (χ0n) is 15.0. The first kappa shape index (κ1) is 16.9. The van der Waals surface area contributed by atoms with Crippen molar-refractivity contribution in [2.75, 3.05) is 20.2 Å². The van der Waals surface area contributed by atoms with E-state index in [0.29, 0.717) is 43.8 Å². The molecule has 1 spiro atoms. The average Bonchev–Trinajstić information content (AvgIpc) is 3.19. The third-order valence-electron chi connectivity index (χ3n) is 5.32. The maximum atomic E-state index is 13.0. The van der Waals surface area contributed by atoms with Gasteiger partial charge in [-0.25, -0.2) is 0 Å². The number of para-hydroxylation sites is 1. The van der Waals surface area contributed by atoms with Crippen molar-refractivity contribution >= 4 is 22.7 Å². The molecule has 2 saturated heterocycles. The molecule has 3 heterocycles. The first-order valence-electron chi connectivity index (χ1n) is 9.00. The Morgan fingerprint density at radius 1 is 1.35 bits per heavy atom. The molecule has 0 aliphatic carbocycles. The third kappa shape index (κ3) is 2.63. The molecule has 0 saturated carbocycles. The fraction of sp³-hybridized carbons (Fsp3) is 0.474. The van der Waals surface area contributed by atoms with Gasteiger partial charge in [0.05, 0.1) is 7.11 Å². The number of hydrogen-bond donors (Lipinski definition) is 2. The lowest BCUT2D eigenvalue weighted by Gasteiger charge is -2.38. The van der Waals surface area contributed by atoms with Gasteiger partial charge >= 0.3 is 0 Å². The van der Waals surface area contributed by atoms with Crippen LogP contribution in [-0.2, 0) is 9.53 Å². The minimum Gasteiger partial charge on any atom is -0.494 e. The number of H-pyrrole nitrogens is 1. The van der Waals surface area contributed by atoms with Crippen LogP contribution in [-0.4, -0.2) is 53.7 Å². The van der Waals surface area contributed by atoms with Gasteiger partial charge in [0.1, 0.15) is 17.5 Å². The third-order valence-corrected chi connectivity index (χ3v) is 5.32. The maximum absolute atomic E-state index is 13.0. The highest BCUT2D eigenvalue weighted by atomic mass is 16.5. The van der Waals surface area contributed by atoms with E-state index in [2.05, 4.69) is 10.3 Å². The summed E-state index contributed by atoms with van der Waals surface area (Å²) in [7, 11) is 1.57. The fourth-order valence-corrected chi connectivity index (χ4v) is 3.88. The van der Waals surface area contributed by atoms with Crippen LogP contribution in [0.2, 0.25) is 0 Å². The molecule has 26 heavy (non-hydrogen) atoms. The Hall–Kier alpha value is -2.54. The number of aromatic nitrogens is 1. The minimum absolute atomic E-state index is 0.0513. The van der Waals surface area contributed by atoms with Crippen LogP contribution in [0.5, 0.6) is 5.75 Å². The second-order valence-corrected chi connectivity index (χ2v) is 6.87. The number of hydrogen-bond acceptors (Lipinski definition) is 4. The predicted octanol–water partition coefficient (Wildman–Crippen LogP) is 2.03. The number of methoxy groups -OCH3 is 1. The summed E-state index contributed by atoms with van der Waals surface area (Å²) in [6.07, 6.45) is 1.45. The Balaban J connectivity index is 1.52. The van der Waals surface area contributed by atoms with Crippen molar-refractivity contribution < 1.29 is 19.1 Å². The second-order valence-electron chi connectivity index (χ2n) is 6.87. The number of fused-ring (bicyclic) bond motifs is 1. The van der Waals surface area contributed by atoms with Crippen LogP contribution < -0.4 is 10.1 Å². The van der Waals surface area contributed by atoms with Crippen LogP contribution in [0.15, 0.2) is 24.3 Å². The number of aromatic amines is 1. The number of carbonyl (C=O) groups is 2. The van der Waals surface area contributed by atoms with Crippen molar-refractivity contribution in [2.24, 2.45) is 0 Å². The summed E-state index contributed by atoms with van der Waals surface area (Å²) in [5, 5.41) is 3.87. The number of nitrogens with zero attached hydrogens (tertiary/aromatic N) is 1. The number of rotatable bonds is 3. The van der Waals surface area contributed by atoms with Gasteiger partial charge in [0, 0.05) is 36.8 Å². The highest BCUT2D eigenvalue weighted by molar-refractivity contribution is 6.03. The monoisotopic (exact) mass is 357 g/mol. The molecule has 1 aromatic carbocycles. The zero-order chi connectivity index (χ0) is 18.3. The molecule has 138 valence electrons. The molecule has 1 aromatic heterocycles. The smallest absolute Gasteiger partial charge is 0.274 e. The first-order valence-corrected chi connectivity index (χ1v) is 9.00. The van der Waals surface area contributed by atoms with E-state index in [1.807, 2.05) is 31.2 Å². The molecular weight excluding hydrogens is 334 g/mol. The van der Waals surface area contributed by atoms with Gasteiger partial charge in [-0.3, -0.25) is 9.59 Å². The number of nitrogens with one attached hydrogen (secondary N) is 2. The van der Waals surface area contributed by atoms with Crippen molar-refractivity contribution in [3.8, 4) is 5.75 Å². The largest absolute Gasteiger partial charge is 0.494 e. The molecule has 2 aliphatic rings. The highest BCUT2D eigenvalue weighted by Crippen LogP contribution is 2.34. The second kappa shape index (κ2) is 6.32. The quantitative estimate of drug-likeness (QED) is 0.880. The van der Waals surface area contributed by atoms with Crippen LogP contribution in [0.3, 0.4) is 0 Å². The molecule has 7 heteroatoms. The van der Waals surface area contributed by atoms with E-state index in [1.165, 1.54) is 0 Å². The van der Waals surface area contributed by atoms with Crippen molar-refractivity contribution in [3.05, 3.63) is 30.0 Å². The number of carbonyl (C=O) groups excluding carboxylic acids is 2. The van der Waals surface area contributed by atoms with Gasteiger partial charge in [0.25, 0.3) is 11.8 Å². The van der Waals surface area contributed by atoms with E-state index in [9.17, 15) is 9.59 Å². The molecule has 0 bridgehead atoms. The van der Waals surface area contributed by atoms with Crippen LogP contribution in [0.4, 0.5) is 0 Å². The molecule has 1 unspecified atom stereocenters. The SMILES string of the molecule is CCC1OC2(CCN(C(=O)c3[nH]c4ccccc4c3OC)CC2)NC1=O. The number of likely N-dealkylation sites (tertiary alicyclic amines) is 1. The van der Waals surface area contributed by atoms with Gasteiger partial charge in [-0.05, 0) is 18.6 Å². The van der Waals surface area contributed by atoms with Gasteiger partial charge in [0.2, 0.25) is 0 Å². The summed E-state index contributed by atoms with van der Waals surface area (Å²) in [6.45, 7) is 2.98. The fourth-order valence-electron chi connectivity index (χ4n) is 3.88. The van der Waals surface area contributed by atoms with Crippen LogP contribution >= 0.6 is 0 Å². The summed E-state index contributed by atoms with van der Waals surface area (Å²) in [6, 6.07) is 7.69. The lowest BCUT2D eigenvalue weighted by atomic mass is 10.0. The molecule has 2 fully saturated rings. The minimum atomic E-state index is -0.626. The summed E-state index contributed by atoms with van der Waals surface area (Å²) in [5.41, 5.74) is 0.713. The Kier molecular flexibility index (Phi) is 4.11. The molecule has 4 rings (SSSR count). The Labute approximate surface area is 151 Å². The van der Waals surface area contributed by atoms with Gasteiger partial charge in [-0.15, -0.1) is 0 Å². The average molecular weight is 357 g/mol. The van der Waals surface area contributed by atoms with Crippen molar-refractivity contribution in [2.45, 2.75) is 38.0 Å². The lowest BCUT2D eigenvalue weighted by Crippen LogP contribution is -2.53. The van der Waals surface area contributed by atoms with Gasteiger partial charge in [0.15, 0.2) is 5.75 Å². The molecule has 2 aliphatic heterocycles. The summed E-state index contributed by atoms with van der Waals surface area (Å²) < 4.78 is 11.4. The van der Waals surface area contributed by atoms with Gasteiger partial charge < -0.3 is 24.7 Å². The topological polar surface area (TPSA) is 83.7 Å². The lowest BCUT2D eigenvalue weighted by molar-refractivity contribution is -0.124. The van der Waals surface area contributed by atoms with Crippen molar-refractivity contribution in [1.29, 1.82) is 0 Å². The van der Waals surface area contributed by atoms with E-state index in [4.69, 9.17) is 9.47 Å². The van der Waals surface area contributed by atoms with Crippen molar-refractivity contribution in [1.82, 2.24) is 15.2 Å². The van der Waals surface area contributed by atoms with Gasteiger partial charge in [-0.1, -0.05) is 19.1 Å². The predicted molar refractivity (Wildman–Crippen MR) is 96.0 cm³/mol. The molecule has 7 nitrogen and oxygen atoms in total. The summed E-state index contributed by atoms with van der Waals surface area (Å²) in [4.78, 5) is 29.9. The van der Waals surface area contributed by atoms with E-state index in [-0.39, 0.29) is 17.9 Å². The number of benzene rings is 1.